The Balaban J connectivity index is 1.25. The molecule has 8 heteroatoms. The molecule has 2 amide bonds. The van der Waals surface area contributed by atoms with Gasteiger partial charge in [0.15, 0.2) is 5.78 Å². The van der Waals surface area contributed by atoms with Gasteiger partial charge in [-0.3, -0.25) is 24.4 Å². The molecule has 4 N–H and O–H groups in total. The second-order valence-corrected chi connectivity index (χ2v) is 10.2. The molecular formula is C34H33N5O3. The number of pyridine rings is 1. The minimum absolute atomic E-state index is 0.0369. The summed E-state index contributed by atoms with van der Waals surface area (Å²) in [5.74, 6) is -0.0962. The first-order valence-electron chi connectivity index (χ1n) is 14.0. The van der Waals surface area contributed by atoms with Crippen LogP contribution in [0.25, 0.3) is 0 Å². The Bertz CT molecular complexity index is 1590. The van der Waals surface area contributed by atoms with Gasteiger partial charge in [0, 0.05) is 60.4 Å². The highest BCUT2D eigenvalue weighted by Gasteiger charge is 2.25. The van der Waals surface area contributed by atoms with E-state index >= 15 is 0 Å². The number of ketones is 1. The molecule has 4 aromatic rings. The maximum Gasteiger partial charge on any atom is 0.249 e. The number of benzene rings is 3. The first-order chi connectivity index (χ1) is 20.5. The molecule has 1 aliphatic rings. The lowest BCUT2D eigenvalue weighted by Crippen LogP contribution is -2.27. The smallest absolute Gasteiger partial charge is 0.249 e. The van der Waals surface area contributed by atoms with E-state index in [-0.39, 0.29) is 30.6 Å². The molecule has 42 heavy (non-hydrogen) atoms. The topological polar surface area (TPSA) is 127 Å². The van der Waals surface area contributed by atoms with Crippen LogP contribution in [-0.4, -0.2) is 41.5 Å². The van der Waals surface area contributed by atoms with E-state index < -0.39 is 5.91 Å². The second kappa shape index (κ2) is 13.5. The molecule has 1 atom stereocenters. The minimum Gasteiger partial charge on any atom is -0.372 e. The van der Waals surface area contributed by atoms with Gasteiger partial charge in [0.25, 0.3) is 0 Å². The average Bonchev–Trinajstić information content (AvgIpc) is 3.55. The number of carbonyl (C=O) groups excluding carboxylic acids is 3. The number of amides is 2. The van der Waals surface area contributed by atoms with E-state index in [9.17, 15) is 14.4 Å². The van der Waals surface area contributed by atoms with Crippen molar-refractivity contribution in [1.82, 2.24) is 15.6 Å². The summed E-state index contributed by atoms with van der Waals surface area (Å²) < 4.78 is 0. The molecule has 0 saturated heterocycles. The molecule has 212 valence electrons. The number of aliphatic imine (C=N–C) groups is 1. The standard InChI is InChI=1S/C34H33N5O3/c35-34(42)32-26(9-6-10-27(32)28(21-30-37-19-20-38-30)29-11-4-5-18-36-29)22-39-31(40)17-14-23-12-15-25(16-13-23)33(41)24-7-2-1-3-8-24/h1-13,15-16,18,28H,14,17,19-22H2,(H2,35,42)(H,37,38)(H,39,40). The highest BCUT2D eigenvalue weighted by atomic mass is 16.2. The fourth-order valence-corrected chi connectivity index (χ4v) is 5.21. The van der Waals surface area contributed by atoms with Crippen molar-refractivity contribution in [1.29, 1.82) is 0 Å². The van der Waals surface area contributed by atoms with Gasteiger partial charge in [0.1, 0.15) is 0 Å². The van der Waals surface area contributed by atoms with Crippen molar-refractivity contribution in [3.05, 3.63) is 136 Å². The third-order valence-electron chi connectivity index (χ3n) is 7.36. The van der Waals surface area contributed by atoms with Gasteiger partial charge in [-0.2, -0.15) is 0 Å². The van der Waals surface area contributed by atoms with Gasteiger partial charge in [-0.05, 0) is 35.2 Å². The lowest BCUT2D eigenvalue weighted by atomic mass is 9.85. The van der Waals surface area contributed by atoms with Crippen LogP contribution in [0.15, 0.2) is 102 Å². The van der Waals surface area contributed by atoms with Gasteiger partial charge < -0.3 is 16.4 Å². The highest BCUT2D eigenvalue weighted by molar-refractivity contribution is 6.09. The predicted molar refractivity (Wildman–Crippen MR) is 162 cm³/mol. The van der Waals surface area contributed by atoms with Gasteiger partial charge >= 0.3 is 0 Å². The molecule has 0 saturated carbocycles. The van der Waals surface area contributed by atoms with Crippen LogP contribution in [0.1, 0.15) is 67.4 Å². The van der Waals surface area contributed by atoms with Crippen LogP contribution in [-0.2, 0) is 17.8 Å². The van der Waals surface area contributed by atoms with Crippen LogP contribution in [0, 0.1) is 0 Å². The Hall–Kier alpha value is -5.11. The minimum atomic E-state index is -0.553. The number of nitrogens with zero attached hydrogens (tertiary/aromatic N) is 2. The van der Waals surface area contributed by atoms with Crippen molar-refractivity contribution in [3.8, 4) is 0 Å². The Morgan fingerprint density at radius 1 is 0.881 bits per heavy atom. The summed E-state index contributed by atoms with van der Waals surface area (Å²) in [6.07, 6.45) is 3.07. The van der Waals surface area contributed by atoms with Gasteiger partial charge in [-0.25, -0.2) is 0 Å². The van der Waals surface area contributed by atoms with Gasteiger partial charge in [0.05, 0.1) is 12.4 Å². The number of nitrogens with one attached hydrogen (secondary N) is 2. The van der Waals surface area contributed by atoms with Gasteiger partial charge in [-0.15, -0.1) is 0 Å². The monoisotopic (exact) mass is 559 g/mol. The zero-order valence-corrected chi connectivity index (χ0v) is 23.3. The first kappa shape index (κ1) is 28.4. The van der Waals surface area contributed by atoms with Crippen molar-refractivity contribution < 1.29 is 14.4 Å². The largest absolute Gasteiger partial charge is 0.372 e. The Kier molecular flexibility index (Phi) is 9.13. The zero-order chi connectivity index (χ0) is 29.3. The van der Waals surface area contributed by atoms with Gasteiger partial charge in [0.2, 0.25) is 11.8 Å². The molecule has 0 aliphatic carbocycles. The fraction of sp³-hybridized carbons (Fsp3) is 0.206. The highest BCUT2D eigenvalue weighted by Crippen LogP contribution is 2.31. The summed E-state index contributed by atoms with van der Waals surface area (Å²) in [7, 11) is 0. The number of rotatable bonds is 12. The van der Waals surface area contributed by atoms with Crippen molar-refractivity contribution in [2.45, 2.75) is 31.7 Å². The van der Waals surface area contributed by atoms with E-state index in [1.165, 1.54) is 0 Å². The van der Waals surface area contributed by atoms with Crippen molar-refractivity contribution in [2.75, 3.05) is 13.1 Å². The molecule has 1 unspecified atom stereocenters. The van der Waals surface area contributed by atoms with E-state index in [0.717, 1.165) is 35.7 Å². The zero-order valence-electron chi connectivity index (χ0n) is 23.3. The van der Waals surface area contributed by atoms with E-state index in [1.54, 1.807) is 30.5 Å². The summed E-state index contributed by atoms with van der Waals surface area (Å²) in [6, 6.07) is 27.8. The van der Waals surface area contributed by atoms with E-state index in [0.29, 0.717) is 35.1 Å². The Labute approximate surface area is 245 Å². The van der Waals surface area contributed by atoms with E-state index in [2.05, 4.69) is 20.6 Å². The molecule has 0 spiro atoms. The van der Waals surface area contributed by atoms with Crippen LogP contribution in [0.4, 0.5) is 0 Å². The number of hydrogen-bond donors (Lipinski definition) is 3. The number of aromatic nitrogens is 1. The number of primary amides is 1. The summed E-state index contributed by atoms with van der Waals surface area (Å²) in [5, 5.41) is 6.25. The third kappa shape index (κ3) is 6.96. The quantitative estimate of drug-likeness (QED) is 0.225. The summed E-state index contributed by atoms with van der Waals surface area (Å²) in [6.45, 7) is 1.67. The number of nitrogens with two attached hydrogens (primary N) is 1. The second-order valence-electron chi connectivity index (χ2n) is 10.2. The van der Waals surface area contributed by atoms with E-state index in [4.69, 9.17) is 5.73 Å². The van der Waals surface area contributed by atoms with Crippen LogP contribution < -0.4 is 16.4 Å². The molecule has 8 nitrogen and oxygen atoms in total. The average molecular weight is 560 g/mol. The third-order valence-corrected chi connectivity index (χ3v) is 7.36. The molecule has 5 rings (SSSR count). The normalized spacial score (nSPS) is 13.1. The summed E-state index contributed by atoms with van der Waals surface area (Å²) in [5.41, 5.74) is 10.7. The lowest BCUT2D eigenvalue weighted by Gasteiger charge is -2.21. The number of aryl methyl sites for hydroxylation is 1. The molecule has 2 heterocycles. The van der Waals surface area contributed by atoms with Crippen molar-refractivity contribution in [3.63, 3.8) is 0 Å². The fourth-order valence-electron chi connectivity index (χ4n) is 5.21. The maximum absolute atomic E-state index is 12.8. The summed E-state index contributed by atoms with van der Waals surface area (Å²) in [4.78, 5) is 47.3. The van der Waals surface area contributed by atoms with Crippen LogP contribution in [0.2, 0.25) is 0 Å². The molecule has 0 bridgehead atoms. The number of amidine groups is 1. The van der Waals surface area contributed by atoms with Crippen molar-refractivity contribution >= 4 is 23.4 Å². The van der Waals surface area contributed by atoms with Crippen LogP contribution >= 0.6 is 0 Å². The summed E-state index contributed by atoms with van der Waals surface area (Å²) >= 11 is 0. The molecule has 1 aliphatic heterocycles. The number of carbonyl (C=O) groups is 3. The van der Waals surface area contributed by atoms with Crippen molar-refractivity contribution in [2.24, 2.45) is 10.7 Å². The predicted octanol–water partition coefficient (Wildman–Crippen LogP) is 4.18. The van der Waals surface area contributed by atoms with Gasteiger partial charge in [-0.1, -0.05) is 78.9 Å². The molecule has 1 aromatic heterocycles. The maximum atomic E-state index is 12.8. The number of hydrogen-bond acceptors (Lipinski definition) is 6. The Morgan fingerprint density at radius 3 is 2.33 bits per heavy atom. The molecule has 3 aromatic carbocycles. The molecular weight excluding hydrogens is 526 g/mol. The lowest BCUT2D eigenvalue weighted by molar-refractivity contribution is -0.121. The first-order valence-corrected chi connectivity index (χ1v) is 14.0. The van der Waals surface area contributed by atoms with E-state index in [1.807, 2.05) is 66.7 Å². The SMILES string of the molecule is NC(=O)c1c(CNC(=O)CCc2ccc(C(=O)c3ccccc3)cc2)cccc1C(CC1=NCCN1)c1ccccn1. The van der Waals surface area contributed by atoms with Crippen LogP contribution in [0.5, 0.6) is 0 Å². The Morgan fingerprint density at radius 2 is 1.64 bits per heavy atom. The molecule has 0 fully saturated rings. The molecule has 0 radical (unpaired) electrons. The van der Waals surface area contributed by atoms with Crippen LogP contribution in [0.3, 0.4) is 0 Å².